The Balaban J connectivity index is 1.46. The summed E-state index contributed by atoms with van der Waals surface area (Å²) in [6.07, 6.45) is 3.47. The fraction of sp³-hybridized carbons (Fsp3) is 0.0500. The molecule has 0 saturated carbocycles. The molecule has 0 spiro atoms. The third kappa shape index (κ3) is 4.37. The molecular weight excluding hydrogens is 437 g/mol. The molecule has 166 valence electrons. The van der Waals surface area contributed by atoms with E-state index in [0.29, 0.717) is 11.5 Å². The van der Waals surface area contributed by atoms with Crippen LogP contribution in [0.15, 0.2) is 67.4 Å². The predicted molar refractivity (Wildman–Crippen MR) is 115 cm³/mol. The Morgan fingerprint density at radius 1 is 0.848 bits per heavy atom. The van der Waals surface area contributed by atoms with Crippen LogP contribution in [0, 0.1) is 0 Å². The van der Waals surface area contributed by atoms with Crippen molar-refractivity contribution in [3.8, 4) is 5.69 Å². The number of pyridine rings is 1. The van der Waals surface area contributed by atoms with Crippen LogP contribution in [-0.4, -0.2) is 34.3 Å². The second-order valence-electron chi connectivity index (χ2n) is 6.94. The van der Waals surface area contributed by atoms with Gasteiger partial charge < -0.3 is 20.8 Å². The largest absolute Gasteiger partial charge is 0.416 e. The van der Waals surface area contributed by atoms with Gasteiger partial charge in [-0.05, 0) is 24.3 Å². The Morgan fingerprint density at radius 2 is 1.67 bits per heavy atom. The van der Waals surface area contributed by atoms with E-state index in [1.165, 1.54) is 24.5 Å². The lowest BCUT2D eigenvalue weighted by Gasteiger charge is -2.14. The Morgan fingerprint density at radius 3 is 2.45 bits per heavy atom. The van der Waals surface area contributed by atoms with E-state index in [-0.39, 0.29) is 23.1 Å². The third-order valence-corrected chi connectivity index (χ3v) is 4.57. The first-order valence-corrected chi connectivity index (χ1v) is 9.54. The number of hydrogen-bond acceptors (Lipinski definition) is 8. The molecule has 0 unspecified atom stereocenters. The average molecular weight is 452 g/mol. The van der Waals surface area contributed by atoms with Crippen LogP contribution in [0.3, 0.4) is 0 Å². The normalized spacial score (nSPS) is 11.6. The van der Waals surface area contributed by atoms with Gasteiger partial charge in [0.25, 0.3) is 0 Å². The number of nitrogens with zero attached hydrogens (tertiary/aromatic N) is 7. The van der Waals surface area contributed by atoms with Gasteiger partial charge in [0, 0.05) is 42.1 Å². The summed E-state index contributed by atoms with van der Waals surface area (Å²) in [4.78, 5) is 13.7. The maximum Gasteiger partial charge on any atom is 0.416 e. The van der Waals surface area contributed by atoms with Crippen LogP contribution in [0.1, 0.15) is 5.56 Å². The molecule has 4 aromatic heterocycles. The van der Waals surface area contributed by atoms with Gasteiger partial charge in [0.15, 0.2) is 0 Å². The number of halogens is 3. The first-order chi connectivity index (χ1) is 15.8. The molecule has 0 saturated heterocycles. The summed E-state index contributed by atoms with van der Waals surface area (Å²) in [5.74, 6) is 0.484. The number of aromatic nitrogens is 7. The van der Waals surface area contributed by atoms with Crippen LogP contribution >= 0.6 is 0 Å². The summed E-state index contributed by atoms with van der Waals surface area (Å²) < 4.78 is 42.2. The quantitative estimate of drug-likeness (QED) is 0.368. The second-order valence-corrected chi connectivity index (χ2v) is 6.94. The highest BCUT2D eigenvalue weighted by Gasteiger charge is 2.31. The minimum Gasteiger partial charge on any atom is -0.383 e. The molecule has 4 heterocycles. The smallest absolute Gasteiger partial charge is 0.383 e. The minimum atomic E-state index is -4.58. The number of anilines is 5. The molecule has 5 aromatic rings. The topological polar surface area (TPSA) is 124 Å². The van der Waals surface area contributed by atoms with Crippen LogP contribution < -0.4 is 16.4 Å². The summed E-state index contributed by atoms with van der Waals surface area (Å²) in [6.45, 7) is 0. The van der Waals surface area contributed by atoms with Crippen molar-refractivity contribution in [1.82, 2.24) is 34.3 Å². The number of nitrogens with two attached hydrogens (primary N) is 1. The SMILES string of the molecule is Nc1cc(Nc2ccn3ccnc3c2)nc(Nc2cc(-n3nccn3)cc(C(F)(F)F)c2)n1. The zero-order valence-corrected chi connectivity index (χ0v) is 16.7. The van der Waals surface area contributed by atoms with Crippen LogP contribution in [0.2, 0.25) is 0 Å². The molecular formula is C20H15F3N10. The fourth-order valence-corrected chi connectivity index (χ4v) is 3.16. The van der Waals surface area contributed by atoms with Gasteiger partial charge in [-0.15, -0.1) is 0 Å². The van der Waals surface area contributed by atoms with Gasteiger partial charge in [-0.25, -0.2) is 4.98 Å². The van der Waals surface area contributed by atoms with Gasteiger partial charge >= 0.3 is 6.18 Å². The molecule has 10 nitrogen and oxygen atoms in total. The number of fused-ring (bicyclic) bond motifs is 1. The molecule has 33 heavy (non-hydrogen) atoms. The maximum atomic E-state index is 13.4. The summed E-state index contributed by atoms with van der Waals surface area (Å²) in [6, 6.07) is 8.47. The Hall–Kier alpha value is -4.68. The van der Waals surface area contributed by atoms with Crippen LogP contribution in [0.5, 0.6) is 0 Å². The molecule has 0 aliphatic carbocycles. The first kappa shape index (κ1) is 20.2. The van der Waals surface area contributed by atoms with Gasteiger partial charge in [-0.3, -0.25) is 0 Å². The molecule has 0 amide bonds. The Labute approximate surface area is 183 Å². The summed E-state index contributed by atoms with van der Waals surface area (Å²) in [7, 11) is 0. The number of nitrogens with one attached hydrogen (secondary N) is 2. The molecule has 0 bridgehead atoms. The van der Waals surface area contributed by atoms with E-state index in [1.807, 2.05) is 28.9 Å². The maximum absolute atomic E-state index is 13.4. The fourth-order valence-electron chi connectivity index (χ4n) is 3.16. The molecule has 0 atom stereocenters. The van der Waals surface area contributed by atoms with Gasteiger partial charge in [-0.1, -0.05) is 0 Å². The van der Waals surface area contributed by atoms with Crippen LogP contribution in [0.4, 0.5) is 42.1 Å². The summed E-state index contributed by atoms with van der Waals surface area (Å²) in [5.41, 5.74) is 6.65. The lowest BCUT2D eigenvalue weighted by atomic mass is 10.1. The highest BCUT2D eigenvalue weighted by Crippen LogP contribution is 2.33. The van der Waals surface area contributed by atoms with E-state index in [0.717, 1.165) is 22.6 Å². The van der Waals surface area contributed by atoms with Crippen LogP contribution in [-0.2, 0) is 6.18 Å². The van der Waals surface area contributed by atoms with Crippen molar-refractivity contribution in [2.45, 2.75) is 6.18 Å². The lowest BCUT2D eigenvalue weighted by molar-refractivity contribution is -0.137. The zero-order chi connectivity index (χ0) is 23.0. The molecule has 1 aromatic carbocycles. The Kier molecular flexibility index (Phi) is 4.77. The van der Waals surface area contributed by atoms with Gasteiger partial charge in [-0.2, -0.15) is 38.1 Å². The lowest BCUT2D eigenvalue weighted by Crippen LogP contribution is -2.10. The minimum absolute atomic E-state index is 0.0121. The molecule has 0 aliphatic rings. The monoisotopic (exact) mass is 452 g/mol. The predicted octanol–water partition coefficient (Wildman–Crippen LogP) is 3.79. The van der Waals surface area contributed by atoms with Gasteiger partial charge in [0.2, 0.25) is 5.95 Å². The van der Waals surface area contributed by atoms with E-state index >= 15 is 0 Å². The standard InChI is InChI=1S/C20H15F3N10/c21-20(22,23)12-7-14(9-15(8-12)33-26-2-3-27-33)29-19-30-16(24)11-17(31-19)28-13-1-5-32-6-4-25-18(32)10-13/h1-11H,(H4,24,28,29,30,31). The average Bonchev–Trinajstić information content (AvgIpc) is 3.44. The number of benzene rings is 1. The highest BCUT2D eigenvalue weighted by atomic mass is 19.4. The molecule has 0 fully saturated rings. The van der Waals surface area contributed by atoms with E-state index < -0.39 is 11.7 Å². The zero-order valence-electron chi connectivity index (χ0n) is 16.7. The van der Waals surface area contributed by atoms with Crippen molar-refractivity contribution in [3.63, 3.8) is 0 Å². The number of alkyl halides is 3. The van der Waals surface area contributed by atoms with Gasteiger partial charge in [0.05, 0.1) is 23.6 Å². The van der Waals surface area contributed by atoms with E-state index in [9.17, 15) is 13.2 Å². The summed E-state index contributed by atoms with van der Waals surface area (Å²) in [5, 5.41) is 13.7. The number of imidazole rings is 1. The molecule has 0 radical (unpaired) electrons. The van der Waals surface area contributed by atoms with Crippen molar-refractivity contribution in [2.75, 3.05) is 16.4 Å². The molecule has 4 N–H and O–H groups in total. The molecule has 13 heteroatoms. The van der Waals surface area contributed by atoms with E-state index in [2.05, 4.69) is 35.8 Å². The third-order valence-electron chi connectivity index (χ3n) is 4.57. The first-order valence-electron chi connectivity index (χ1n) is 9.54. The second kappa shape index (κ2) is 7.78. The van der Waals surface area contributed by atoms with Crippen molar-refractivity contribution in [2.24, 2.45) is 0 Å². The number of rotatable bonds is 5. The summed E-state index contributed by atoms with van der Waals surface area (Å²) >= 11 is 0. The van der Waals surface area contributed by atoms with Crippen molar-refractivity contribution in [1.29, 1.82) is 0 Å². The number of hydrogen-bond donors (Lipinski definition) is 3. The van der Waals surface area contributed by atoms with Crippen molar-refractivity contribution in [3.05, 3.63) is 72.9 Å². The molecule has 5 rings (SSSR count). The van der Waals surface area contributed by atoms with E-state index in [1.54, 1.807) is 6.20 Å². The molecule has 0 aliphatic heterocycles. The van der Waals surface area contributed by atoms with Crippen molar-refractivity contribution < 1.29 is 13.2 Å². The highest BCUT2D eigenvalue weighted by molar-refractivity contribution is 5.66. The van der Waals surface area contributed by atoms with E-state index in [4.69, 9.17) is 5.73 Å². The van der Waals surface area contributed by atoms with Crippen LogP contribution in [0.25, 0.3) is 11.3 Å². The van der Waals surface area contributed by atoms with Gasteiger partial charge in [0.1, 0.15) is 17.3 Å². The van der Waals surface area contributed by atoms with Crippen molar-refractivity contribution >= 4 is 34.6 Å². The Bertz CT molecular complexity index is 1430. The number of nitrogen functional groups attached to an aromatic ring is 1.